The van der Waals surface area contributed by atoms with Crippen molar-refractivity contribution in [2.24, 2.45) is 5.92 Å². The number of furan rings is 1. The molecule has 9 heteroatoms. The average Bonchev–Trinajstić information content (AvgIpc) is 3.00. The molecule has 0 atom stereocenters. The summed E-state index contributed by atoms with van der Waals surface area (Å²) in [7, 11) is -3.72. The van der Waals surface area contributed by atoms with Crippen LogP contribution in [-0.2, 0) is 23.1 Å². The van der Waals surface area contributed by atoms with E-state index in [4.69, 9.17) is 9.52 Å². The molecule has 124 valence electrons. The molecule has 0 saturated heterocycles. The number of aromatic nitrogens is 2. The van der Waals surface area contributed by atoms with Crippen molar-refractivity contribution >= 4 is 16.0 Å². The van der Waals surface area contributed by atoms with Gasteiger partial charge in [0.05, 0.1) is 12.7 Å². The molecule has 2 N–H and O–H groups in total. The number of aryl methyl sites for hydroxylation is 1. The van der Waals surface area contributed by atoms with Crippen molar-refractivity contribution in [3.63, 3.8) is 0 Å². The zero-order chi connectivity index (χ0) is 16.6. The Hall–Kier alpha value is -2.13. The lowest BCUT2D eigenvalue weighted by molar-refractivity contribution is 0.0695. The minimum atomic E-state index is -3.72. The van der Waals surface area contributed by atoms with Crippen LogP contribution in [0, 0.1) is 12.8 Å². The third-order valence-electron chi connectivity index (χ3n) is 3.70. The van der Waals surface area contributed by atoms with Gasteiger partial charge in [0.25, 0.3) is 0 Å². The fraction of sp³-hybridized carbons (Fsp3) is 0.429. The molecule has 23 heavy (non-hydrogen) atoms. The molecule has 1 saturated carbocycles. The largest absolute Gasteiger partial charge is 0.478 e. The summed E-state index contributed by atoms with van der Waals surface area (Å²) in [5.41, 5.74) is 0.0245. The van der Waals surface area contributed by atoms with E-state index in [9.17, 15) is 13.2 Å². The second-order valence-electron chi connectivity index (χ2n) is 5.65. The Morgan fingerprint density at radius 2 is 2.26 bits per heavy atom. The molecule has 1 fully saturated rings. The van der Waals surface area contributed by atoms with E-state index in [1.165, 1.54) is 25.4 Å². The summed E-state index contributed by atoms with van der Waals surface area (Å²) < 4.78 is 33.7. The van der Waals surface area contributed by atoms with Crippen LogP contribution >= 0.6 is 0 Å². The Bertz CT molecular complexity index is 832. The zero-order valence-corrected chi connectivity index (χ0v) is 13.3. The van der Waals surface area contributed by atoms with Gasteiger partial charge in [-0.05, 0) is 31.7 Å². The van der Waals surface area contributed by atoms with E-state index in [1.54, 1.807) is 4.68 Å². The summed E-state index contributed by atoms with van der Waals surface area (Å²) in [6, 6.07) is 1.32. The number of carboxylic acids is 1. The average molecular weight is 339 g/mol. The Kier molecular flexibility index (Phi) is 3.99. The normalized spacial score (nSPS) is 15.0. The van der Waals surface area contributed by atoms with Gasteiger partial charge >= 0.3 is 5.97 Å². The van der Waals surface area contributed by atoms with Gasteiger partial charge in [-0.3, -0.25) is 4.68 Å². The predicted molar refractivity (Wildman–Crippen MR) is 79.4 cm³/mol. The first-order valence-corrected chi connectivity index (χ1v) is 8.68. The van der Waals surface area contributed by atoms with Crippen LogP contribution in [0.15, 0.2) is 27.8 Å². The number of hydrogen-bond donors (Lipinski definition) is 2. The van der Waals surface area contributed by atoms with Crippen molar-refractivity contribution in [3.05, 3.63) is 35.5 Å². The molecule has 1 aliphatic rings. The van der Waals surface area contributed by atoms with Crippen molar-refractivity contribution in [1.82, 2.24) is 14.5 Å². The Labute approximate surface area is 133 Å². The number of nitrogens with one attached hydrogen (secondary N) is 1. The van der Waals surface area contributed by atoms with Crippen LogP contribution in [-0.4, -0.2) is 29.3 Å². The number of hydrogen-bond acceptors (Lipinski definition) is 5. The van der Waals surface area contributed by atoms with E-state index >= 15 is 0 Å². The fourth-order valence-corrected chi connectivity index (χ4v) is 3.19. The third kappa shape index (κ3) is 3.62. The summed E-state index contributed by atoms with van der Waals surface area (Å²) in [4.78, 5) is 11.0. The van der Waals surface area contributed by atoms with Gasteiger partial charge < -0.3 is 9.52 Å². The topological polar surface area (TPSA) is 114 Å². The fourth-order valence-electron chi connectivity index (χ4n) is 2.24. The van der Waals surface area contributed by atoms with Gasteiger partial charge in [-0.1, -0.05) is 0 Å². The highest BCUT2D eigenvalue weighted by Crippen LogP contribution is 2.30. The minimum absolute atomic E-state index is 0.0245. The van der Waals surface area contributed by atoms with Crippen molar-refractivity contribution in [2.75, 3.05) is 0 Å². The summed E-state index contributed by atoms with van der Waals surface area (Å²) in [6.07, 6.45) is 5.12. The van der Waals surface area contributed by atoms with E-state index < -0.39 is 16.0 Å². The van der Waals surface area contributed by atoms with Crippen molar-refractivity contribution < 1.29 is 22.7 Å². The third-order valence-corrected chi connectivity index (χ3v) is 5.05. The zero-order valence-electron chi connectivity index (χ0n) is 12.5. The maximum Gasteiger partial charge on any atom is 0.339 e. The maximum absolute atomic E-state index is 12.2. The number of nitrogens with zero attached hydrogens (tertiary/aromatic N) is 2. The standard InChI is InChI=1S/C14H17N3O5S/c1-9-13(14(18)19)4-11(22-9)5-16-23(20,21)12-6-15-17(8-12)7-10-2-3-10/h4,6,8,10,16H,2-3,5,7H2,1H3,(H,18,19). The molecule has 3 rings (SSSR count). The lowest BCUT2D eigenvalue weighted by Crippen LogP contribution is -2.22. The van der Waals surface area contributed by atoms with E-state index in [0.29, 0.717) is 5.92 Å². The van der Waals surface area contributed by atoms with E-state index in [0.717, 1.165) is 19.4 Å². The molecule has 2 heterocycles. The Balaban J connectivity index is 1.67. The number of carbonyl (C=O) groups is 1. The smallest absolute Gasteiger partial charge is 0.339 e. The molecule has 0 aliphatic heterocycles. The number of carboxylic acid groups (broad SMARTS) is 1. The molecule has 0 spiro atoms. The number of sulfonamides is 1. The van der Waals surface area contributed by atoms with Crippen molar-refractivity contribution in [1.29, 1.82) is 0 Å². The molecular formula is C14H17N3O5S. The molecule has 0 amide bonds. The second-order valence-corrected chi connectivity index (χ2v) is 7.42. The lowest BCUT2D eigenvalue weighted by Gasteiger charge is -2.02. The molecule has 1 aliphatic carbocycles. The van der Waals surface area contributed by atoms with E-state index in [2.05, 4.69) is 9.82 Å². The molecule has 2 aromatic heterocycles. The van der Waals surface area contributed by atoms with E-state index in [-0.39, 0.29) is 28.5 Å². The quantitative estimate of drug-likeness (QED) is 0.787. The molecule has 0 aromatic carbocycles. The lowest BCUT2D eigenvalue weighted by atomic mass is 10.2. The molecule has 0 unspecified atom stereocenters. The molecule has 0 radical (unpaired) electrons. The van der Waals surface area contributed by atoms with Crippen molar-refractivity contribution in [2.45, 2.75) is 37.8 Å². The highest BCUT2D eigenvalue weighted by Gasteiger charge is 2.24. The van der Waals surface area contributed by atoms with E-state index in [1.807, 2.05) is 0 Å². The summed E-state index contributed by atoms with van der Waals surface area (Å²) >= 11 is 0. The summed E-state index contributed by atoms with van der Waals surface area (Å²) in [5.74, 6) is -0.0292. The van der Waals surface area contributed by atoms with Crippen LogP contribution in [0.25, 0.3) is 0 Å². The van der Waals surface area contributed by atoms with Gasteiger partial charge in [-0.15, -0.1) is 0 Å². The molecule has 2 aromatic rings. The Morgan fingerprint density at radius 3 is 2.87 bits per heavy atom. The number of aromatic carboxylic acids is 1. The second kappa shape index (κ2) is 5.82. The molecule has 0 bridgehead atoms. The monoisotopic (exact) mass is 339 g/mol. The van der Waals surface area contributed by atoms with Gasteiger partial charge in [-0.25, -0.2) is 17.9 Å². The van der Waals surface area contributed by atoms with Crippen LogP contribution in [0.3, 0.4) is 0 Å². The predicted octanol–water partition coefficient (Wildman–Crippen LogP) is 1.37. The van der Waals surface area contributed by atoms with Crippen LogP contribution in [0.5, 0.6) is 0 Å². The van der Waals surface area contributed by atoms with Crippen LogP contribution in [0.2, 0.25) is 0 Å². The minimum Gasteiger partial charge on any atom is -0.478 e. The first-order valence-electron chi connectivity index (χ1n) is 7.20. The SMILES string of the molecule is Cc1oc(CNS(=O)(=O)c2cnn(CC3CC3)c2)cc1C(=O)O. The highest BCUT2D eigenvalue weighted by atomic mass is 32.2. The molecule has 8 nitrogen and oxygen atoms in total. The first kappa shape index (κ1) is 15.8. The van der Waals surface area contributed by atoms with Gasteiger partial charge in [0.15, 0.2) is 0 Å². The van der Waals surface area contributed by atoms with Gasteiger partial charge in [0.1, 0.15) is 22.0 Å². The maximum atomic E-state index is 12.2. The van der Waals surface area contributed by atoms with Crippen LogP contribution in [0.4, 0.5) is 0 Å². The van der Waals surface area contributed by atoms with Crippen molar-refractivity contribution in [3.8, 4) is 0 Å². The Morgan fingerprint density at radius 1 is 1.52 bits per heavy atom. The van der Waals surface area contributed by atoms with Gasteiger partial charge in [-0.2, -0.15) is 5.10 Å². The molecular weight excluding hydrogens is 322 g/mol. The highest BCUT2D eigenvalue weighted by molar-refractivity contribution is 7.89. The number of rotatable bonds is 7. The van der Waals surface area contributed by atoms with Gasteiger partial charge in [0, 0.05) is 12.7 Å². The van der Waals surface area contributed by atoms with Crippen LogP contribution < -0.4 is 4.72 Å². The van der Waals surface area contributed by atoms with Crippen LogP contribution in [0.1, 0.15) is 34.7 Å². The summed E-state index contributed by atoms with van der Waals surface area (Å²) in [6.45, 7) is 2.13. The first-order chi connectivity index (χ1) is 10.8. The summed E-state index contributed by atoms with van der Waals surface area (Å²) in [5, 5.41) is 13.0. The van der Waals surface area contributed by atoms with Gasteiger partial charge in [0.2, 0.25) is 10.0 Å².